The lowest BCUT2D eigenvalue weighted by atomic mass is 10.1. The molecule has 2 amide bonds. The van der Waals surface area contributed by atoms with Crippen molar-refractivity contribution in [3.8, 4) is 0 Å². The summed E-state index contributed by atoms with van der Waals surface area (Å²) in [7, 11) is 0. The third-order valence-electron chi connectivity index (χ3n) is 5.29. The van der Waals surface area contributed by atoms with Crippen LogP contribution in [0.3, 0.4) is 0 Å². The van der Waals surface area contributed by atoms with Gasteiger partial charge in [0.25, 0.3) is 0 Å². The Labute approximate surface area is 187 Å². The molecule has 6 nitrogen and oxygen atoms in total. The molecule has 0 fully saturated rings. The van der Waals surface area contributed by atoms with Crippen molar-refractivity contribution in [2.24, 2.45) is 0 Å². The Kier molecular flexibility index (Phi) is 7.39. The van der Waals surface area contributed by atoms with Crippen LogP contribution in [0.25, 0.3) is 0 Å². The zero-order valence-corrected chi connectivity index (χ0v) is 18.2. The van der Waals surface area contributed by atoms with Gasteiger partial charge in [-0.2, -0.15) is 0 Å². The van der Waals surface area contributed by atoms with Crippen molar-refractivity contribution >= 4 is 29.2 Å². The molecule has 0 aromatic heterocycles. The number of anilines is 2. The molecule has 164 valence electrons. The van der Waals surface area contributed by atoms with E-state index in [2.05, 4.69) is 5.32 Å². The van der Waals surface area contributed by atoms with Crippen LogP contribution in [0.2, 0.25) is 0 Å². The number of nitrogens with one attached hydrogen (secondary N) is 1. The fraction of sp³-hybridized carbons (Fsp3) is 0.192. The summed E-state index contributed by atoms with van der Waals surface area (Å²) in [6, 6.07) is 21.3. The SMILES string of the molecule is Cc1ccc(N(CC(=O)Nc2ccc(C(=O)O)cc2)C(=O)CCc2ccccc2)cc1C. The lowest BCUT2D eigenvalue weighted by Crippen LogP contribution is -2.38. The van der Waals surface area contributed by atoms with Crippen LogP contribution < -0.4 is 10.2 Å². The maximum atomic E-state index is 13.1. The molecule has 3 aromatic carbocycles. The molecule has 0 aliphatic heterocycles. The first-order valence-corrected chi connectivity index (χ1v) is 10.4. The zero-order chi connectivity index (χ0) is 23.1. The molecule has 0 atom stereocenters. The Morgan fingerprint density at radius 3 is 2.19 bits per heavy atom. The van der Waals surface area contributed by atoms with Crippen molar-refractivity contribution in [2.45, 2.75) is 26.7 Å². The number of amides is 2. The maximum Gasteiger partial charge on any atom is 0.335 e. The van der Waals surface area contributed by atoms with E-state index in [1.807, 2.05) is 62.4 Å². The molecule has 0 heterocycles. The predicted octanol–water partition coefficient (Wildman–Crippen LogP) is 4.61. The number of benzene rings is 3. The van der Waals surface area contributed by atoms with E-state index in [-0.39, 0.29) is 30.3 Å². The highest BCUT2D eigenvalue weighted by Crippen LogP contribution is 2.21. The number of nitrogens with zero attached hydrogens (tertiary/aromatic N) is 1. The van der Waals surface area contributed by atoms with Gasteiger partial charge in [0.2, 0.25) is 11.8 Å². The number of hydrogen-bond acceptors (Lipinski definition) is 3. The maximum absolute atomic E-state index is 13.1. The number of carbonyl (C=O) groups is 3. The Hall–Kier alpha value is -3.93. The topological polar surface area (TPSA) is 86.7 Å². The normalized spacial score (nSPS) is 10.4. The van der Waals surface area contributed by atoms with Crippen molar-refractivity contribution in [2.75, 3.05) is 16.8 Å². The smallest absolute Gasteiger partial charge is 0.335 e. The molecule has 0 saturated heterocycles. The Bertz CT molecular complexity index is 1110. The van der Waals surface area contributed by atoms with Gasteiger partial charge >= 0.3 is 5.97 Å². The first-order chi connectivity index (χ1) is 15.3. The van der Waals surface area contributed by atoms with Gasteiger partial charge in [0, 0.05) is 17.8 Å². The standard InChI is InChI=1S/C26H26N2O4/c1-18-8-14-23(16-19(18)2)28(25(30)15-9-20-6-4-3-5-7-20)17-24(29)27-22-12-10-21(11-13-22)26(31)32/h3-8,10-14,16H,9,15,17H2,1-2H3,(H,27,29)(H,31,32). The molecule has 0 saturated carbocycles. The summed E-state index contributed by atoms with van der Waals surface area (Å²) in [5.41, 5.74) is 4.47. The van der Waals surface area contributed by atoms with E-state index >= 15 is 0 Å². The van der Waals surface area contributed by atoms with E-state index in [1.54, 1.807) is 0 Å². The second-order valence-corrected chi connectivity index (χ2v) is 7.66. The van der Waals surface area contributed by atoms with Gasteiger partial charge in [-0.05, 0) is 73.4 Å². The van der Waals surface area contributed by atoms with Gasteiger partial charge in [0.05, 0.1) is 5.56 Å². The highest BCUT2D eigenvalue weighted by molar-refractivity contribution is 6.02. The summed E-state index contributed by atoms with van der Waals surface area (Å²) < 4.78 is 0. The molecule has 3 rings (SSSR count). The molecule has 0 spiro atoms. The second kappa shape index (κ2) is 10.4. The number of aromatic carboxylic acids is 1. The van der Waals surface area contributed by atoms with Crippen LogP contribution in [-0.2, 0) is 16.0 Å². The quantitative estimate of drug-likeness (QED) is 0.547. The molecule has 0 unspecified atom stereocenters. The van der Waals surface area contributed by atoms with E-state index in [0.29, 0.717) is 17.8 Å². The molecular weight excluding hydrogens is 404 g/mol. The van der Waals surface area contributed by atoms with Crippen LogP contribution in [0.5, 0.6) is 0 Å². The van der Waals surface area contributed by atoms with Crippen LogP contribution in [0.4, 0.5) is 11.4 Å². The summed E-state index contributed by atoms with van der Waals surface area (Å²) in [6.07, 6.45) is 0.858. The van der Waals surface area contributed by atoms with Gasteiger partial charge in [-0.3, -0.25) is 9.59 Å². The summed E-state index contributed by atoms with van der Waals surface area (Å²) in [5, 5.41) is 11.7. The monoisotopic (exact) mass is 430 g/mol. The first kappa shape index (κ1) is 22.7. The third-order valence-corrected chi connectivity index (χ3v) is 5.29. The lowest BCUT2D eigenvalue weighted by Gasteiger charge is -2.23. The number of hydrogen-bond donors (Lipinski definition) is 2. The average Bonchev–Trinajstić information content (AvgIpc) is 2.79. The van der Waals surface area contributed by atoms with Crippen LogP contribution in [-0.4, -0.2) is 29.4 Å². The Balaban J connectivity index is 1.75. The van der Waals surface area contributed by atoms with Gasteiger partial charge in [-0.1, -0.05) is 36.4 Å². The molecular formula is C26H26N2O4. The fourth-order valence-corrected chi connectivity index (χ4v) is 3.29. The second-order valence-electron chi connectivity index (χ2n) is 7.66. The highest BCUT2D eigenvalue weighted by atomic mass is 16.4. The molecule has 32 heavy (non-hydrogen) atoms. The van der Waals surface area contributed by atoms with E-state index < -0.39 is 5.97 Å². The first-order valence-electron chi connectivity index (χ1n) is 10.4. The predicted molar refractivity (Wildman–Crippen MR) is 125 cm³/mol. The number of carboxylic acid groups (broad SMARTS) is 1. The highest BCUT2D eigenvalue weighted by Gasteiger charge is 2.20. The summed E-state index contributed by atoms with van der Waals surface area (Å²) >= 11 is 0. The minimum absolute atomic E-state index is 0.135. The van der Waals surface area contributed by atoms with E-state index in [9.17, 15) is 14.4 Å². The van der Waals surface area contributed by atoms with Crippen LogP contribution in [0.15, 0.2) is 72.8 Å². The molecule has 0 radical (unpaired) electrons. The molecule has 0 aliphatic carbocycles. The summed E-state index contributed by atoms with van der Waals surface area (Å²) in [4.78, 5) is 38.3. The fourth-order valence-electron chi connectivity index (χ4n) is 3.29. The lowest BCUT2D eigenvalue weighted by molar-refractivity contribution is -0.121. The van der Waals surface area contributed by atoms with E-state index in [4.69, 9.17) is 5.11 Å². The minimum atomic E-state index is -1.03. The van der Waals surface area contributed by atoms with Crippen molar-refractivity contribution in [1.82, 2.24) is 0 Å². The number of rotatable bonds is 8. The molecule has 2 N–H and O–H groups in total. The van der Waals surface area contributed by atoms with Crippen LogP contribution in [0.1, 0.15) is 33.5 Å². The summed E-state index contributed by atoms with van der Waals surface area (Å²) in [5.74, 6) is -1.54. The van der Waals surface area contributed by atoms with Crippen molar-refractivity contribution in [3.63, 3.8) is 0 Å². The third kappa shape index (κ3) is 6.04. The zero-order valence-electron chi connectivity index (χ0n) is 18.2. The largest absolute Gasteiger partial charge is 0.478 e. The molecule has 3 aromatic rings. The Morgan fingerprint density at radius 2 is 1.56 bits per heavy atom. The van der Waals surface area contributed by atoms with E-state index in [1.165, 1.54) is 29.2 Å². The van der Waals surface area contributed by atoms with Gasteiger partial charge in [-0.25, -0.2) is 4.79 Å². The van der Waals surface area contributed by atoms with Crippen LogP contribution in [0, 0.1) is 13.8 Å². The number of aryl methyl sites for hydroxylation is 3. The minimum Gasteiger partial charge on any atom is -0.478 e. The van der Waals surface area contributed by atoms with E-state index in [0.717, 1.165) is 16.7 Å². The Morgan fingerprint density at radius 1 is 0.875 bits per heavy atom. The van der Waals surface area contributed by atoms with Crippen molar-refractivity contribution in [1.29, 1.82) is 0 Å². The number of carboxylic acids is 1. The molecule has 0 aliphatic rings. The van der Waals surface area contributed by atoms with Gasteiger partial charge < -0.3 is 15.3 Å². The molecule has 6 heteroatoms. The van der Waals surface area contributed by atoms with Crippen molar-refractivity contribution in [3.05, 3.63) is 95.1 Å². The summed E-state index contributed by atoms with van der Waals surface area (Å²) in [6.45, 7) is 3.82. The number of carbonyl (C=O) groups excluding carboxylic acids is 2. The van der Waals surface area contributed by atoms with Gasteiger partial charge in [0.1, 0.15) is 6.54 Å². The van der Waals surface area contributed by atoms with Crippen LogP contribution >= 0.6 is 0 Å². The average molecular weight is 431 g/mol. The van der Waals surface area contributed by atoms with Crippen molar-refractivity contribution < 1.29 is 19.5 Å². The van der Waals surface area contributed by atoms with Gasteiger partial charge in [-0.15, -0.1) is 0 Å². The molecule has 0 bridgehead atoms. The van der Waals surface area contributed by atoms with Gasteiger partial charge in [0.15, 0.2) is 0 Å².